The minimum Gasteiger partial charge on any atom is -0.489 e. The fraction of sp³-hybridized carbons (Fsp3) is 0.217. The number of fused-ring (bicyclic) bond motifs is 1. The van der Waals surface area contributed by atoms with Crippen molar-refractivity contribution in [1.82, 2.24) is 5.32 Å². The van der Waals surface area contributed by atoms with E-state index in [1.807, 2.05) is 24.3 Å². The first-order valence-electron chi connectivity index (χ1n) is 9.55. The average molecular weight is 427 g/mol. The smallest absolute Gasteiger partial charge is 0.331 e. The Bertz CT molecular complexity index is 941. The molecule has 3 rings (SSSR count). The maximum Gasteiger partial charge on any atom is 0.331 e. The summed E-state index contributed by atoms with van der Waals surface area (Å²) in [6.07, 6.45) is 4.51. The molecule has 1 aliphatic heterocycles. The minimum absolute atomic E-state index is 0.0657. The van der Waals surface area contributed by atoms with Gasteiger partial charge in [-0.3, -0.25) is 4.79 Å². The Morgan fingerprint density at radius 1 is 1.27 bits per heavy atom. The van der Waals surface area contributed by atoms with Crippen LogP contribution < -0.4 is 15.4 Å². The second-order valence-corrected chi connectivity index (χ2v) is 7.15. The summed E-state index contributed by atoms with van der Waals surface area (Å²) in [5, 5.41) is 6.56. The normalized spacial score (nSPS) is 13.6. The van der Waals surface area contributed by atoms with Crippen LogP contribution in [0, 0.1) is 0 Å². The zero-order chi connectivity index (χ0) is 21.3. The number of nitrogens with one attached hydrogen (secondary N) is 2. The lowest BCUT2D eigenvalue weighted by Crippen LogP contribution is -2.35. The molecule has 1 unspecified atom stereocenters. The molecule has 1 aliphatic rings. The number of esters is 1. The average Bonchev–Trinajstić information content (AvgIpc) is 3.12. The molecule has 1 amide bonds. The maximum absolute atomic E-state index is 12.3. The van der Waals surface area contributed by atoms with Crippen molar-refractivity contribution in [3.8, 4) is 5.75 Å². The lowest BCUT2D eigenvalue weighted by molar-refractivity contribution is -0.144. The van der Waals surface area contributed by atoms with Crippen molar-refractivity contribution in [2.75, 3.05) is 25.0 Å². The van der Waals surface area contributed by atoms with Crippen molar-refractivity contribution < 1.29 is 19.1 Å². The van der Waals surface area contributed by atoms with Gasteiger partial charge in [0.25, 0.3) is 0 Å². The Labute approximate surface area is 180 Å². The molecular weight excluding hydrogens is 404 g/mol. The van der Waals surface area contributed by atoms with Crippen LogP contribution in [0.25, 0.3) is 6.08 Å². The first kappa shape index (κ1) is 21.6. The minimum atomic E-state index is -0.520. The number of amides is 1. The highest BCUT2D eigenvalue weighted by molar-refractivity contribution is 6.30. The summed E-state index contributed by atoms with van der Waals surface area (Å²) < 4.78 is 11.4. The van der Waals surface area contributed by atoms with Crippen LogP contribution in [0.5, 0.6) is 5.75 Å². The highest BCUT2D eigenvalue weighted by Crippen LogP contribution is 2.31. The van der Waals surface area contributed by atoms with E-state index in [4.69, 9.17) is 21.1 Å². The molecule has 2 aromatic rings. The van der Waals surface area contributed by atoms with Crippen LogP contribution >= 0.6 is 11.6 Å². The summed E-state index contributed by atoms with van der Waals surface area (Å²) in [6, 6.07) is 12.6. The van der Waals surface area contributed by atoms with Gasteiger partial charge in [-0.05, 0) is 35.9 Å². The van der Waals surface area contributed by atoms with Gasteiger partial charge in [0.15, 0.2) is 0 Å². The predicted molar refractivity (Wildman–Crippen MR) is 118 cm³/mol. The molecule has 1 heterocycles. The number of rotatable bonds is 10. The SMILES string of the molecule is C=CCNCC(COc1cccc2c1CC(=O)N2)OC(=O)/C=C/c1ccc(Cl)cc1. The molecule has 0 fully saturated rings. The van der Waals surface area contributed by atoms with Crippen molar-refractivity contribution in [2.45, 2.75) is 12.5 Å². The van der Waals surface area contributed by atoms with Crippen molar-refractivity contribution in [2.24, 2.45) is 0 Å². The summed E-state index contributed by atoms with van der Waals surface area (Å²) in [5.41, 5.74) is 2.40. The third kappa shape index (κ3) is 6.20. The van der Waals surface area contributed by atoms with Gasteiger partial charge in [-0.25, -0.2) is 4.79 Å². The molecule has 0 bridgehead atoms. The van der Waals surface area contributed by atoms with Crippen LogP contribution in [0.4, 0.5) is 5.69 Å². The second kappa shape index (κ2) is 10.6. The van der Waals surface area contributed by atoms with Crippen LogP contribution in [0.15, 0.2) is 61.2 Å². The van der Waals surface area contributed by atoms with Crippen molar-refractivity contribution in [1.29, 1.82) is 0 Å². The first-order valence-corrected chi connectivity index (χ1v) is 9.93. The van der Waals surface area contributed by atoms with Gasteiger partial charge in [0.05, 0.1) is 6.42 Å². The number of hydrogen-bond acceptors (Lipinski definition) is 5. The van der Waals surface area contributed by atoms with Gasteiger partial charge in [-0.1, -0.05) is 35.9 Å². The molecule has 1 atom stereocenters. The van der Waals surface area contributed by atoms with Crippen molar-refractivity contribution in [3.63, 3.8) is 0 Å². The van der Waals surface area contributed by atoms with Gasteiger partial charge in [-0.2, -0.15) is 0 Å². The summed E-state index contributed by atoms with van der Waals surface area (Å²) in [4.78, 5) is 23.9. The summed E-state index contributed by atoms with van der Waals surface area (Å²) >= 11 is 5.87. The molecule has 0 aromatic heterocycles. The van der Waals surface area contributed by atoms with Gasteiger partial charge >= 0.3 is 5.97 Å². The molecule has 2 N–H and O–H groups in total. The van der Waals surface area contributed by atoms with Crippen LogP contribution in [0.1, 0.15) is 11.1 Å². The number of benzene rings is 2. The molecule has 0 saturated carbocycles. The van der Waals surface area contributed by atoms with E-state index in [0.717, 1.165) is 16.8 Å². The van der Waals surface area contributed by atoms with Crippen molar-refractivity contribution >= 4 is 35.2 Å². The van der Waals surface area contributed by atoms with E-state index in [1.54, 1.807) is 30.4 Å². The topological polar surface area (TPSA) is 76.7 Å². The zero-order valence-electron chi connectivity index (χ0n) is 16.4. The van der Waals surface area contributed by atoms with Gasteiger partial charge in [0.2, 0.25) is 5.91 Å². The molecule has 156 valence electrons. The van der Waals surface area contributed by atoms with E-state index in [-0.39, 0.29) is 18.9 Å². The monoisotopic (exact) mass is 426 g/mol. The van der Waals surface area contributed by atoms with Crippen LogP contribution in [-0.2, 0) is 20.7 Å². The third-order valence-electron chi connectivity index (χ3n) is 4.39. The Morgan fingerprint density at radius 3 is 2.83 bits per heavy atom. The molecule has 7 heteroatoms. The summed E-state index contributed by atoms with van der Waals surface area (Å²) in [5.74, 6) is 0.0606. The van der Waals surface area contributed by atoms with Crippen LogP contribution in [0.3, 0.4) is 0 Å². The highest BCUT2D eigenvalue weighted by Gasteiger charge is 2.22. The largest absolute Gasteiger partial charge is 0.489 e. The molecule has 30 heavy (non-hydrogen) atoms. The van der Waals surface area contributed by atoms with Gasteiger partial charge in [0.1, 0.15) is 18.5 Å². The highest BCUT2D eigenvalue weighted by atomic mass is 35.5. The van der Waals surface area contributed by atoms with E-state index < -0.39 is 12.1 Å². The van der Waals surface area contributed by atoms with Gasteiger partial charge in [-0.15, -0.1) is 6.58 Å². The lowest BCUT2D eigenvalue weighted by Gasteiger charge is -2.19. The fourth-order valence-corrected chi connectivity index (χ4v) is 3.09. The molecule has 0 spiro atoms. The quantitative estimate of drug-likeness (QED) is 0.262. The van der Waals surface area contributed by atoms with Crippen molar-refractivity contribution in [3.05, 3.63) is 77.3 Å². The number of halogens is 1. The zero-order valence-corrected chi connectivity index (χ0v) is 17.2. The molecule has 2 aromatic carbocycles. The van der Waals surface area contributed by atoms with E-state index in [2.05, 4.69) is 17.2 Å². The van der Waals surface area contributed by atoms with E-state index in [9.17, 15) is 9.59 Å². The first-order chi connectivity index (χ1) is 14.5. The number of carbonyl (C=O) groups is 2. The van der Waals surface area contributed by atoms with E-state index >= 15 is 0 Å². The summed E-state index contributed by atoms with van der Waals surface area (Å²) in [6.45, 7) is 4.79. The number of ether oxygens (including phenoxy) is 2. The molecule has 0 saturated heterocycles. The molecule has 0 aliphatic carbocycles. The summed E-state index contributed by atoms with van der Waals surface area (Å²) in [7, 11) is 0. The fourth-order valence-electron chi connectivity index (χ4n) is 2.96. The third-order valence-corrected chi connectivity index (χ3v) is 4.65. The number of carbonyl (C=O) groups excluding carboxylic acids is 2. The van der Waals surface area contributed by atoms with Gasteiger partial charge in [0, 0.05) is 35.4 Å². The van der Waals surface area contributed by atoms with E-state index in [0.29, 0.717) is 23.9 Å². The van der Waals surface area contributed by atoms with Gasteiger partial charge < -0.3 is 20.1 Å². The lowest BCUT2D eigenvalue weighted by atomic mass is 10.1. The van der Waals surface area contributed by atoms with E-state index in [1.165, 1.54) is 6.08 Å². The maximum atomic E-state index is 12.3. The Kier molecular flexibility index (Phi) is 7.65. The molecule has 6 nitrogen and oxygen atoms in total. The standard InChI is InChI=1S/C23H23ClN2O4/c1-2-12-25-14-18(30-23(28)11-8-16-6-9-17(24)10-7-16)15-29-21-5-3-4-20-19(21)13-22(27)26-20/h2-11,18,25H,1,12-15H2,(H,26,27)/b11-8+. The predicted octanol–water partition coefficient (Wildman–Crippen LogP) is 3.61. The second-order valence-electron chi connectivity index (χ2n) is 6.71. The molecule has 0 radical (unpaired) electrons. The Morgan fingerprint density at radius 2 is 2.07 bits per heavy atom. The van der Waals surface area contributed by atoms with Crippen LogP contribution in [0.2, 0.25) is 5.02 Å². The van der Waals surface area contributed by atoms with Crippen LogP contribution in [-0.4, -0.2) is 37.7 Å². The molecular formula is C23H23ClN2O4. The number of anilines is 1. The Balaban J connectivity index is 1.60. The Hall–Kier alpha value is -3.09. The number of hydrogen-bond donors (Lipinski definition) is 2.